The molecule has 1 aliphatic rings. The summed E-state index contributed by atoms with van der Waals surface area (Å²) in [6.07, 6.45) is 11.6. The number of hydrogen-bond donors (Lipinski definition) is 2. The molecule has 1 atom stereocenters. The summed E-state index contributed by atoms with van der Waals surface area (Å²) < 4.78 is 5.55. The minimum absolute atomic E-state index is 0.172. The number of hydrogen-bond acceptors (Lipinski definition) is 4. The van der Waals surface area contributed by atoms with E-state index in [2.05, 4.69) is 41.3 Å². The molecule has 4 heteroatoms. The molecular formula is C25H27NO3. The number of aromatic nitrogens is 1. The lowest BCUT2D eigenvalue weighted by atomic mass is 9.95. The van der Waals surface area contributed by atoms with E-state index in [1.165, 1.54) is 5.57 Å². The van der Waals surface area contributed by atoms with Crippen LogP contribution in [0.5, 0.6) is 0 Å². The first-order chi connectivity index (χ1) is 14.2. The van der Waals surface area contributed by atoms with Crippen molar-refractivity contribution in [2.45, 2.75) is 45.1 Å². The van der Waals surface area contributed by atoms with E-state index >= 15 is 0 Å². The standard InChI is InChI=1S/C25H27NO3/c1-19(28)23-10-6-2-4-9-21(16-23)17-24-18-25(29-26-24)22-13-11-20(12-14-22)8-5-3-7-15-27/h2,4,9-14,18-19,27-28H,3,6-7,15-17H2,1H3/b4-2-,21-9-,23-10+/t19-/m0/s1. The molecule has 2 aromatic rings. The second kappa shape index (κ2) is 10.6. The summed E-state index contributed by atoms with van der Waals surface area (Å²) in [5.74, 6) is 6.88. The van der Waals surface area contributed by atoms with E-state index in [9.17, 15) is 5.11 Å². The molecule has 0 unspecified atom stereocenters. The molecule has 29 heavy (non-hydrogen) atoms. The van der Waals surface area contributed by atoms with Crippen LogP contribution in [0.25, 0.3) is 11.3 Å². The molecule has 1 heterocycles. The maximum Gasteiger partial charge on any atom is 0.167 e. The molecule has 1 aromatic carbocycles. The lowest BCUT2D eigenvalue weighted by Gasteiger charge is -2.14. The molecule has 0 fully saturated rings. The van der Waals surface area contributed by atoms with Gasteiger partial charge in [0.05, 0.1) is 11.8 Å². The molecule has 3 rings (SSSR count). The molecular weight excluding hydrogens is 362 g/mol. The number of allylic oxidation sites excluding steroid dienone is 5. The fraction of sp³-hybridized carbons (Fsp3) is 0.320. The SMILES string of the molecule is C[C@H](O)/C1=C/C/C=C\C=C(/Cc2cc(-c3ccc(C#CCCCO)cc3)on2)C1. The summed E-state index contributed by atoms with van der Waals surface area (Å²) in [6.45, 7) is 1.98. The first-order valence-electron chi connectivity index (χ1n) is 10.0. The van der Waals surface area contributed by atoms with Crippen molar-refractivity contribution in [3.05, 3.63) is 77.0 Å². The van der Waals surface area contributed by atoms with Gasteiger partial charge in [0.1, 0.15) is 0 Å². The lowest BCUT2D eigenvalue weighted by molar-refractivity contribution is 0.228. The highest BCUT2D eigenvalue weighted by molar-refractivity contribution is 5.59. The van der Waals surface area contributed by atoms with E-state index in [4.69, 9.17) is 9.63 Å². The molecule has 0 radical (unpaired) electrons. The summed E-state index contributed by atoms with van der Waals surface area (Å²) in [5.41, 5.74) is 5.01. The van der Waals surface area contributed by atoms with E-state index < -0.39 is 6.10 Å². The van der Waals surface area contributed by atoms with Crippen LogP contribution >= 0.6 is 0 Å². The molecule has 0 saturated heterocycles. The van der Waals surface area contributed by atoms with Crippen molar-refractivity contribution in [3.63, 3.8) is 0 Å². The molecule has 0 amide bonds. The molecule has 1 aromatic heterocycles. The summed E-state index contributed by atoms with van der Waals surface area (Å²) in [5, 5.41) is 23.0. The Hall–Kier alpha value is -2.87. The molecule has 1 aliphatic carbocycles. The van der Waals surface area contributed by atoms with Crippen molar-refractivity contribution in [3.8, 4) is 23.2 Å². The summed E-state index contributed by atoms with van der Waals surface area (Å²) in [4.78, 5) is 0. The van der Waals surface area contributed by atoms with Crippen LogP contribution < -0.4 is 0 Å². The van der Waals surface area contributed by atoms with Crippen LogP contribution in [0.4, 0.5) is 0 Å². The number of unbranched alkanes of at least 4 members (excludes halogenated alkanes) is 1. The Morgan fingerprint density at radius 3 is 2.83 bits per heavy atom. The normalized spacial score (nSPS) is 19.6. The minimum Gasteiger partial charge on any atom is -0.396 e. The van der Waals surface area contributed by atoms with Gasteiger partial charge in [-0.05, 0) is 56.0 Å². The predicted octanol–water partition coefficient (Wildman–Crippen LogP) is 4.59. The third-order valence-corrected chi connectivity index (χ3v) is 4.78. The number of nitrogens with zero attached hydrogens (tertiary/aromatic N) is 1. The zero-order valence-corrected chi connectivity index (χ0v) is 16.8. The zero-order chi connectivity index (χ0) is 20.5. The van der Waals surface area contributed by atoms with Crippen LogP contribution in [0.1, 0.15) is 43.9 Å². The Bertz CT molecular complexity index is 950. The van der Waals surface area contributed by atoms with Crippen LogP contribution in [-0.2, 0) is 6.42 Å². The summed E-state index contributed by atoms with van der Waals surface area (Å²) in [6, 6.07) is 9.85. The van der Waals surface area contributed by atoms with Crippen molar-refractivity contribution in [2.75, 3.05) is 6.61 Å². The highest BCUT2D eigenvalue weighted by atomic mass is 16.5. The van der Waals surface area contributed by atoms with Crippen LogP contribution in [0.3, 0.4) is 0 Å². The van der Waals surface area contributed by atoms with Crippen LogP contribution in [0.15, 0.2) is 70.3 Å². The smallest absolute Gasteiger partial charge is 0.167 e. The van der Waals surface area contributed by atoms with Crippen molar-refractivity contribution >= 4 is 0 Å². The number of benzene rings is 1. The molecule has 0 saturated carbocycles. The van der Waals surface area contributed by atoms with E-state index in [0.717, 1.165) is 41.0 Å². The number of aliphatic hydroxyl groups excluding tert-OH is 2. The monoisotopic (exact) mass is 389 g/mol. The van der Waals surface area contributed by atoms with Crippen molar-refractivity contribution in [1.82, 2.24) is 5.16 Å². The van der Waals surface area contributed by atoms with Gasteiger partial charge in [0, 0.05) is 36.6 Å². The Kier molecular flexibility index (Phi) is 7.63. The van der Waals surface area contributed by atoms with Gasteiger partial charge in [0.25, 0.3) is 0 Å². The predicted molar refractivity (Wildman–Crippen MR) is 115 cm³/mol. The number of aliphatic hydroxyl groups is 2. The Balaban J connectivity index is 1.67. The van der Waals surface area contributed by atoms with E-state index in [0.29, 0.717) is 19.3 Å². The van der Waals surface area contributed by atoms with E-state index in [1.807, 2.05) is 37.3 Å². The largest absolute Gasteiger partial charge is 0.396 e. The zero-order valence-electron chi connectivity index (χ0n) is 16.8. The van der Waals surface area contributed by atoms with Gasteiger partial charge in [0.2, 0.25) is 0 Å². The number of rotatable bonds is 6. The van der Waals surface area contributed by atoms with Gasteiger partial charge in [-0.1, -0.05) is 46.9 Å². The van der Waals surface area contributed by atoms with E-state index in [1.54, 1.807) is 0 Å². The van der Waals surface area contributed by atoms with Crippen molar-refractivity contribution in [1.29, 1.82) is 0 Å². The molecule has 0 spiro atoms. The molecule has 0 aliphatic heterocycles. The maximum atomic E-state index is 9.96. The summed E-state index contributed by atoms with van der Waals surface area (Å²) in [7, 11) is 0. The van der Waals surface area contributed by atoms with Gasteiger partial charge < -0.3 is 14.7 Å². The van der Waals surface area contributed by atoms with Gasteiger partial charge >= 0.3 is 0 Å². The van der Waals surface area contributed by atoms with Gasteiger partial charge in [-0.3, -0.25) is 0 Å². The third kappa shape index (κ3) is 6.32. The van der Waals surface area contributed by atoms with Crippen LogP contribution in [0, 0.1) is 11.8 Å². The first kappa shape index (κ1) is 20.9. The topological polar surface area (TPSA) is 66.5 Å². The highest BCUT2D eigenvalue weighted by Crippen LogP contribution is 2.25. The maximum absolute atomic E-state index is 9.96. The summed E-state index contributed by atoms with van der Waals surface area (Å²) >= 11 is 0. The lowest BCUT2D eigenvalue weighted by Crippen LogP contribution is -2.07. The average molecular weight is 389 g/mol. The molecule has 150 valence electrons. The van der Waals surface area contributed by atoms with Crippen molar-refractivity contribution in [2.24, 2.45) is 0 Å². The Labute approximate surface area is 172 Å². The quantitative estimate of drug-likeness (QED) is 0.431. The van der Waals surface area contributed by atoms with Crippen LogP contribution in [-0.4, -0.2) is 28.1 Å². The first-order valence-corrected chi connectivity index (χ1v) is 10.0. The molecule has 0 bridgehead atoms. The van der Waals surface area contributed by atoms with Gasteiger partial charge in [-0.15, -0.1) is 0 Å². The second-order valence-electron chi connectivity index (χ2n) is 7.19. The van der Waals surface area contributed by atoms with Crippen molar-refractivity contribution < 1.29 is 14.7 Å². The van der Waals surface area contributed by atoms with Gasteiger partial charge in [-0.25, -0.2) is 0 Å². The van der Waals surface area contributed by atoms with E-state index in [-0.39, 0.29) is 6.61 Å². The average Bonchev–Trinajstić information content (AvgIpc) is 3.16. The Morgan fingerprint density at radius 2 is 2.07 bits per heavy atom. The van der Waals surface area contributed by atoms with Gasteiger partial charge in [0.15, 0.2) is 5.76 Å². The Morgan fingerprint density at radius 1 is 1.24 bits per heavy atom. The highest BCUT2D eigenvalue weighted by Gasteiger charge is 2.12. The third-order valence-electron chi connectivity index (χ3n) is 4.78. The fourth-order valence-corrected chi connectivity index (χ4v) is 3.15. The minimum atomic E-state index is -0.442. The van der Waals surface area contributed by atoms with Crippen LogP contribution in [0.2, 0.25) is 0 Å². The van der Waals surface area contributed by atoms with Gasteiger partial charge in [-0.2, -0.15) is 0 Å². The molecule has 2 N–H and O–H groups in total. The second-order valence-corrected chi connectivity index (χ2v) is 7.19. The molecule has 4 nitrogen and oxygen atoms in total. The fourth-order valence-electron chi connectivity index (χ4n) is 3.15.